The van der Waals surface area contributed by atoms with E-state index < -0.39 is 0 Å². The molecule has 0 saturated heterocycles. The highest BCUT2D eigenvalue weighted by molar-refractivity contribution is 5.39. The molecule has 3 heteroatoms. The molecule has 3 nitrogen and oxygen atoms in total. The molecule has 2 atom stereocenters. The van der Waals surface area contributed by atoms with Crippen molar-refractivity contribution in [1.82, 2.24) is 0 Å². The summed E-state index contributed by atoms with van der Waals surface area (Å²) < 4.78 is 11.2. The summed E-state index contributed by atoms with van der Waals surface area (Å²) in [4.78, 5) is 0. The number of hydrogen-bond acceptors (Lipinski definition) is 3. The minimum atomic E-state index is -0.150. The molecule has 0 aromatic heterocycles. The zero-order chi connectivity index (χ0) is 13.2. The zero-order valence-electron chi connectivity index (χ0n) is 10.9. The van der Waals surface area contributed by atoms with Crippen LogP contribution in [0.2, 0.25) is 0 Å². The first-order chi connectivity index (χ1) is 9.28. The number of benzene rings is 2. The van der Waals surface area contributed by atoms with Crippen molar-refractivity contribution in [1.29, 1.82) is 0 Å². The van der Waals surface area contributed by atoms with Gasteiger partial charge in [0.2, 0.25) is 0 Å². The van der Waals surface area contributed by atoms with Gasteiger partial charge >= 0.3 is 0 Å². The molecule has 0 fully saturated rings. The second-order valence-corrected chi connectivity index (χ2v) is 4.77. The highest BCUT2D eigenvalue weighted by Crippen LogP contribution is 2.33. The second kappa shape index (κ2) is 4.94. The second-order valence-electron chi connectivity index (χ2n) is 4.77. The Morgan fingerprint density at radius 3 is 2.84 bits per heavy atom. The van der Waals surface area contributed by atoms with Crippen molar-refractivity contribution in [3.8, 4) is 11.5 Å². The number of para-hydroxylation sites is 1. The Morgan fingerprint density at radius 1 is 1.21 bits per heavy atom. The van der Waals surface area contributed by atoms with Gasteiger partial charge in [0.05, 0.1) is 13.2 Å². The lowest BCUT2D eigenvalue weighted by Gasteiger charge is -2.20. The van der Waals surface area contributed by atoms with E-state index in [2.05, 4.69) is 6.07 Å². The summed E-state index contributed by atoms with van der Waals surface area (Å²) in [6, 6.07) is 15.8. The third kappa shape index (κ3) is 2.29. The minimum Gasteiger partial charge on any atom is -0.497 e. The largest absolute Gasteiger partial charge is 0.497 e. The molecule has 1 aliphatic heterocycles. The van der Waals surface area contributed by atoms with Gasteiger partial charge in [0.25, 0.3) is 0 Å². The van der Waals surface area contributed by atoms with E-state index in [1.165, 1.54) is 5.56 Å². The third-order valence-corrected chi connectivity index (χ3v) is 3.55. The molecular formula is C16H17NO2. The van der Waals surface area contributed by atoms with Crippen LogP contribution in [0.25, 0.3) is 0 Å². The summed E-state index contributed by atoms with van der Waals surface area (Å²) in [5, 5.41) is 0. The van der Waals surface area contributed by atoms with Crippen LogP contribution in [0.4, 0.5) is 0 Å². The molecule has 98 valence electrons. The van der Waals surface area contributed by atoms with Crippen LogP contribution >= 0.6 is 0 Å². The van der Waals surface area contributed by atoms with Crippen molar-refractivity contribution in [2.24, 2.45) is 5.73 Å². The van der Waals surface area contributed by atoms with E-state index in [0.29, 0.717) is 0 Å². The van der Waals surface area contributed by atoms with Gasteiger partial charge in [-0.3, -0.25) is 0 Å². The van der Waals surface area contributed by atoms with E-state index in [1.807, 2.05) is 42.5 Å². The molecule has 1 aliphatic rings. The van der Waals surface area contributed by atoms with Crippen LogP contribution in [-0.4, -0.2) is 13.2 Å². The quantitative estimate of drug-likeness (QED) is 0.917. The molecule has 0 saturated carbocycles. The number of fused-ring (bicyclic) bond motifs is 1. The molecule has 0 amide bonds. The highest BCUT2D eigenvalue weighted by atomic mass is 16.5. The van der Waals surface area contributed by atoms with E-state index in [4.69, 9.17) is 15.2 Å². The molecule has 2 aromatic rings. The average Bonchev–Trinajstić information content (AvgIpc) is 2.90. The summed E-state index contributed by atoms with van der Waals surface area (Å²) in [6.07, 6.45) is 0.846. The van der Waals surface area contributed by atoms with E-state index in [9.17, 15) is 0 Å². The Kier molecular flexibility index (Phi) is 3.13. The summed E-state index contributed by atoms with van der Waals surface area (Å²) in [7, 11) is 1.66. The van der Waals surface area contributed by atoms with Gasteiger partial charge in [-0.25, -0.2) is 0 Å². The molecule has 2 N–H and O–H groups in total. The van der Waals surface area contributed by atoms with E-state index in [-0.39, 0.29) is 12.1 Å². The Morgan fingerprint density at radius 2 is 2.05 bits per heavy atom. The van der Waals surface area contributed by atoms with Gasteiger partial charge in [0.1, 0.15) is 17.6 Å². The predicted molar refractivity (Wildman–Crippen MR) is 74.5 cm³/mol. The average molecular weight is 255 g/mol. The first kappa shape index (κ1) is 12.1. The Bertz CT molecular complexity index is 557. The van der Waals surface area contributed by atoms with Crippen molar-refractivity contribution >= 4 is 0 Å². The van der Waals surface area contributed by atoms with Crippen molar-refractivity contribution in [3.63, 3.8) is 0 Å². The van der Waals surface area contributed by atoms with Crippen LogP contribution in [0, 0.1) is 0 Å². The van der Waals surface area contributed by atoms with Gasteiger partial charge in [0.15, 0.2) is 0 Å². The van der Waals surface area contributed by atoms with Crippen LogP contribution in [0.1, 0.15) is 17.2 Å². The summed E-state index contributed by atoms with van der Waals surface area (Å²) >= 11 is 0. The number of rotatable bonds is 3. The first-order valence-corrected chi connectivity index (χ1v) is 6.42. The van der Waals surface area contributed by atoms with Gasteiger partial charge in [-0.2, -0.15) is 0 Å². The summed E-state index contributed by atoms with van der Waals surface area (Å²) in [5.74, 6) is 1.77. The van der Waals surface area contributed by atoms with Gasteiger partial charge in [-0.1, -0.05) is 30.3 Å². The maximum absolute atomic E-state index is 6.32. The molecule has 0 bridgehead atoms. The number of nitrogens with two attached hydrogens (primary N) is 1. The standard InChI is InChI=1S/C16H17NO2/c1-18-13-7-4-6-12(9-13)16(17)15-10-11-5-2-3-8-14(11)19-15/h2-9,15-16H,10,17H2,1H3. The molecule has 0 radical (unpaired) electrons. The smallest absolute Gasteiger partial charge is 0.123 e. The fourth-order valence-corrected chi connectivity index (χ4v) is 2.47. The maximum Gasteiger partial charge on any atom is 0.123 e. The lowest BCUT2D eigenvalue weighted by molar-refractivity contribution is 0.199. The Balaban J connectivity index is 1.80. The molecule has 0 aliphatic carbocycles. The lowest BCUT2D eigenvalue weighted by atomic mass is 9.98. The van der Waals surface area contributed by atoms with Crippen LogP contribution in [0.15, 0.2) is 48.5 Å². The van der Waals surface area contributed by atoms with Crippen molar-refractivity contribution in [2.45, 2.75) is 18.6 Å². The van der Waals surface area contributed by atoms with Gasteiger partial charge in [0, 0.05) is 6.42 Å². The molecule has 0 spiro atoms. The van der Waals surface area contributed by atoms with E-state index >= 15 is 0 Å². The van der Waals surface area contributed by atoms with Gasteiger partial charge in [-0.05, 0) is 29.3 Å². The topological polar surface area (TPSA) is 44.5 Å². The number of ether oxygens (including phenoxy) is 2. The monoisotopic (exact) mass is 255 g/mol. The van der Waals surface area contributed by atoms with Crippen LogP contribution in [-0.2, 0) is 6.42 Å². The molecule has 2 unspecified atom stereocenters. The van der Waals surface area contributed by atoms with Gasteiger partial charge in [-0.15, -0.1) is 0 Å². The third-order valence-electron chi connectivity index (χ3n) is 3.55. The molecule has 1 heterocycles. The Labute approximate surface area is 113 Å². The maximum atomic E-state index is 6.32. The SMILES string of the molecule is COc1cccc(C(N)C2Cc3ccccc3O2)c1. The lowest BCUT2D eigenvalue weighted by Crippen LogP contribution is -2.29. The van der Waals surface area contributed by atoms with Crippen molar-refractivity contribution in [2.75, 3.05) is 7.11 Å². The van der Waals surface area contributed by atoms with Gasteiger partial charge < -0.3 is 15.2 Å². The molecule has 19 heavy (non-hydrogen) atoms. The fourth-order valence-electron chi connectivity index (χ4n) is 2.47. The first-order valence-electron chi connectivity index (χ1n) is 6.42. The van der Waals surface area contributed by atoms with E-state index in [0.717, 1.165) is 23.5 Å². The molecular weight excluding hydrogens is 238 g/mol. The van der Waals surface area contributed by atoms with Crippen molar-refractivity contribution < 1.29 is 9.47 Å². The fraction of sp³-hybridized carbons (Fsp3) is 0.250. The Hall–Kier alpha value is -2.00. The summed E-state index contributed by atoms with van der Waals surface area (Å²) in [6.45, 7) is 0. The molecule has 2 aromatic carbocycles. The van der Waals surface area contributed by atoms with Crippen LogP contribution in [0.3, 0.4) is 0 Å². The molecule has 3 rings (SSSR count). The number of methoxy groups -OCH3 is 1. The highest BCUT2D eigenvalue weighted by Gasteiger charge is 2.28. The normalized spacial score (nSPS) is 18.5. The van der Waals surface area contributed by atoms with E-state index in [1.54, 1.807) is 7.11 Å². The summed E-state index contributed by atoms with van der Waals surface area (Å²) in [5.41, 5.74) is 8.59. The predicted octanol–water partition coefficient (Wildman–Crippen LogP) is 2.70. The zero-order valence-corrected chi connectivity index (χ0v) is 10.9. The number of hydrogen-bond donors (Lipinski definition) is 1. The minimum absolute atomic E-state index is 0.00972. The van der Waals surface area contributed by atoms with Crippen LogP contribution in [0.5, 0.6) is 11.5 Å². The van der Waals surface area contributed by atoms with Crippen LogP contribution < -0.4 is 15.2 Å². The van der Waals surface area contributed by atoms with Crippen molar-refractivity contribution in [3.05, 3.63) is 59.7 Å².